The number of hydrogen-bond acceptors (Lipinski definition) is 6. The molecule has 1 aromatic carbocycles. The number of furan rings is 1. The number of likely N-dealkylation sites (N-methyl/N-ethyl adjacent to an activating group) is 1. The summed E-state index contributed by atoms with van der Waals surface area (Å²) in [5, 5.41) is 2.71. The molecule has 1 saturated heterocycles. The molecule has 1 aromatic heterocycles. The molecular formula is C19H26N4O4S. The Hall–Kier alpha value is -2.20. The van der Waals surface area contributed by atoms with E-state index in [1.807, 2.05) is 30.3 Å². The second-order valence-corrected chi connectivity index (χ2v) is 8.68. The minimum atomic E-state index is -3.73. The van der Waals surface area contributed by atoms with Crippen molar-refractivity contribution in [1.29, 1.82) is 0 Å². The van der Waals surface area contributed by atoms with E-state index in [9.17, 15) is 13.2 Å². The fourth-order valence-electron chi connectivity index (χ4n) is 3.12. The van der Waals surface area contributed by atoms with Gasteiger partial charge < -0.3 is 14.6 Å². The van der Waals surface area contributed by atoms with Crippen molar-refractivity contribution in [2.75, 3.05) is 46.8 Å². The van der Waals surface area contributed by atoms with Crippen LogP contribution < -0.4 is 10.0 Å². The number of carbonyl (C=O) groups excluding carboxylic acids is 1. The van der Waals surface area contributed by atoms with Crippen molar-refractivity contribution in [3.05, 3.63) is 53.8 Å². The van der Waals surface area contributed by atoms with E-state index in [0.29, 0.717) is 6.54 Å². The molecule has 28 heavy (non-hydrogen) atoms. The van der Waals surface area contributed by atoms with Crippen LogP contribution in [0, 0.1) is 0 Å². The van der Waals surface area contributed by atoms with Crippen LogP contribution in [0.2, 0.25) is 0 Å². The van der Waals surface area contributed by atoms with E-state index in [-0.39, 0.29) is 16.9 Å². The molecule has 2 N–H and O–H groups in total. The fraction of sp³-hybridized carbons (Fsp3) is 0.421. The van der Waals surface area contributed by atoms with Gasteiger partial charge in [0.05, 0.1) is 6.04 Å². The molecule has 1 unspecified atom stereocenters. The SMILES string of the molecule is CNS(=O)(=O)c1ccc(C(=O)NC(CN2CCN(C)CC2)c2ccccc2)o1. The monoisotopic (exact) mass is 406 g/mol. The summed E-state index contributed by atoms with van der Waals surface area (Å²) in [6.45, 7) is 4.51. The second kappa shape index (κ2) is 8.87. The molecule has 1 aliphatic heterocycles. The molecule has 0 aliphatic carbocycles. The lowest BCUT2D eigenvalue weighted by molar-refractivity contribution is 0.0875. The molecule has 152 valence electrons. The van der Waals surface area contributed by atoms with Gasteiger partial charge in [-0.1, -0.05) is 30.3 Å². The maximum atomic E-state index is 12.7. The molecule has 0 bridgehead atoms. The van der Waals surface area contributed by atoms with Crippen LogP contribution >= 0.6 is 0 Å². The summed E-state index contributed by atoms with van der Waals surface area (Å²) in [6.07, 6.45) is 0. The van der Waals surface area contributed by atoms with Crippen molar-refractivity contribution in [2.24, 2.45) is 0 Å². The van der Waals surface area contributed by atoms with Crippen LogP contribution in [0.1, 0.15) is 22.2 Å². The van der Waals surface area contributed by atoms with Gasteiger partial charge in [-0.2, -0.15) is 0 Å². The van der Waals surface area contributed by atoms with Crippen LogP contribution in [-0.4, -0.2) is 70.9 Å². The number of sulfonamides is 1. The Kier molecular flexibility index (Phi) is 6.50. The van der Waals surface area contributed by atoms with Gasteiger partial charge in [-0.05, 0) is 31.8 Å². The van der Waals surface area contributed by atoms with Gasteiger partial charge in [0.2, 0.25) is 5.09 Å². The highest BCUT2D eigenvalue weighted by molar-refractivity contribution is 7.89. The Labute approximate surface area is 165 Å². The first-order valence-electron chi connectivity index (χ1n) is 9.19. The Balaban J connectivity index is 1.75. The van der Waals surface area contributed by atoms with Crippen molar-refractivity contribution in [3.63, 3.8) is 0 Å². The van der Waals surface area contributed by atoms with Crippen molar-refractivity contribution in [1.82, 2.24) is 19.8 Å². The van der Waals surface area contributed by atoms with Gasteiger partial charge in [-0.3, -0.25) is 9.69 Å². The number of benzene rings is 1. The lowest BCUT2D eigenvalue weighted by Crippen LogP contribution is -2.47. The maximum Gasteiger partial charge on any atom is 0.287 e. The zero-order valence-corrected chi connectivity index (χ0v) is 16.9. The molecule has 2 aromatic rings. The van der Waals surface area contributed by atoms with Crippen LogP contribution in [0.4, 0.5) is 0 Å². The second-order valence-electron chi connectivity index (χ2n) is 6.87. The van der Waals surface area contributed by atoms with Crippen LogP contribution in [0.15, 0.2) is 52.0 Å². The van der Waals surface area contributed by atoms with Gasteiger partial charge in [-0.15, -0.1) is 0 Å². The number of amides is 1. The minimum absolute atomic E-state index is 0.0341. The number of hydrogen-bond donors (Lipinski definition) is 2. The Morgan fingerprint density at radius 3 is 2.43 bits per heavy atom. The van der Waals surface area contributed by atoms with Gasteiger partial charge in [0.25, 0.3) is 15.9 Å². The standard InChI is InChI=1S/C19H26N4O4S/c1-20-28(25,26)18-9-8-17(27-18)19(24)21-16(15-6-4-3-5-7-15)14-23-12-10-22(2)11-13-23/h3-9,16,20H,10-14H2,1-2H3,(H,21,24). The summed E-state index contributed by atoms with van der Waals surface area (Å²) in [7, 11) is -0.340. The first-order chi connectivity index (χ1) is 13.4. The molecule has 0 spiro atoms. The van der Waals surface area contributed by atoms with Gasteiger partial charge >= 0.3 is 0 Å². The molecular weight excluding hydrogens is 380 g/mol. The van der Waals surface area contributed by atoms with Crippen molar-refractivity contribution < 1.29 is 17.6 Å². The highest BCUT2D eigenvalue weighted by Crippen LogP contribution is 2.18. The highest BCUT2D eigenvalue weighted by Gasteiger charge is 2.24. The van der Waals surface area contributed by atoms with E-state index < -0.39 is 15.9 Å². The number of nitrogens with zero attached hydrogens (tertiary/aromatic N) is 2. The molecule has 2 heterocycles. The molecule has 0 saturated carbocycles. The Bertz CT molecular complexity index is 890. The molecule has 0 radical (unpaired) electrons. The summed E-state index contributed by atoms with van der Waals surface area (Å²) in [5.41, 5.74) is 0.990. The molecule has 1 fully saturated rings. The van der Waals surface area contributed by atoms with E-state index in [1.165, 1.54) is 19.2 Å². The number of rotatable bonds is 7. The molecule has 1 amide bonds. The van der Waals surface area contributed by atoms with E-state index in [1.54, 1.807) is 0 Å². The number of carbonyl (C=O) groups is 1. The van der Waals surface area contributed by atoms with Crippen molar-refractivity contribution in [3.8, 4) is 0 Å². The van der Waals surface area contributed by atoms with E-state index in [2.05, 4.69) is 26.9 Å². The third kappa shape index (κ3) is 4.99. The average Bonchev–Trinajstić information content (AvgIpc) is 3.21. The largest absolute Gasteiger partial charge is 0.438 e. The predicted octanol–water partition coefficient (Wildman–Crippen LogP) is 0.906. The number of piperazine rings is 1. The number of nitrogens with one attached hydrogen (secondary N) is 2. The van der Waals surface area contributed by atoms with E-state index in [4.69, 9.17) is 4.42 Å². The van der Waals surface area contributed by atoms with Gasteiger partial charge in [0.15, 0.2) is 5.76 Å². The average molecular weight is 407 g/mol. The van der Waals surface area contributed by atoms with Gasteiger partial charge in [0, 0.05) is 32.7 Å². The van der Waals surface area contributed by atoms with E-state index in [0.717, 1.165) is 31.7 Å². The first kappa shape index (κ1) is 20.5. The zero-order chi connectivity index (χ0) is 20.1. The van der Waals surface area contributed by atoms with Crippen molar-refractivity contribution in [2.45, 2.75) is 11.1 Å². The minimum Gasteiger partial charge on any atom is -0.438 e. The fourth-order valence-corrected chi connectivity index (χ4v) is 3.77. The molecule has 9 heteroatoms. The zero-order valence-electron chi connectivity index (χ0n) is 16.1. The Morgan fingerprint density at radius 2 is 1.79 bits per heavy atom. The van der Waals surface area contributed by atoms with Gasteiger partial charge in [-0.25, -0.2) is 13.1 Å². The third-order valence-electron chi connectivity index (χ3n) is 4.88. The summed E-state index contributed by atoms with van der Waals surface area (Å²) in [6, 6.07) is 12.2. The quantitative estimate of drug-likeness (QED) is 0.710. The molecule has 1 aliphatic rings. The van der Waals surface area contributed by atoms with Gasteiger partial charge in [0.1, 0.15) is 0 Å². The summed E-state index contributed by atoms with van der Waals surface area (Å²) in [5.74, 6) is -0.478. The smallest absolute Gasteiger partial charge is 0.287 e. The molecule has 1 atom stereocenters. The van der Waals surface area contributed by atoms with E-state index >= 15 is 0 Å². The van der Waals surface area contributed by atoms with Crippen LogP contribution in [0.5, 0.6) is 0 Å². The van der Waals surface area contributed by atoms with Crippen molar-refractivity contribution >= 4 is 15.9 Å². The highest BCUT2D eigenvalue weighted by atomic mass is 32.2. The topological polar surface area (TPSA) is 94.9 Å². The first-order valence-corrected chi connectivity index (χ1v) is 10.7. The predicted molar refractivity (Wildman–Crippen MR) is 106 cm³/mol. The van der Waals surface area contributed by atoms with Crippen LogP contribution in [0.3, 0.4) is 0 Å². The summed E-state index contributed by atoms with van der Waals surface area (Å²) < 4.78 is 31.1. The third-order valence-corrected chi connectivity index (χ3v) is 6.17. The van der Waals surface area contributed by atoms with Crippen LogP contribution in [0.25, 0.3) is 0 Å². The lowest BCUT2D eigenvalue weighted by atomic mass is 10.1. The Morgan fingerprint density at radius 1 is 1.11 bits per heavy atom. The lowest BCUT2D eigenvalue weighted by Gasteiger charge is -2.34. The maximum absolute atomic E-state index is 12.7. The van der Waals surface area contributed by atoms with Crippen LogP contribution in [-0.2, 0) is 10.0 Å². The molecule has 3 rings (SSSR count). The molecule has 8 nitrogen and oxygen atoms in total. The normalized spacial score (nSPS) is 17.4. The summed E-state index contributed by atoms with van der Waals surface area (Å²) in [4.78, 5) is 17.3. The summed E-state index contributed by atoms with van der Waals surface area (Å²) >= 11 is 0.